The van der Waals surface area contributed by atoms with Crippen LogP contribution in [0.2, 0.25) is 5.22 Å². The molecule has 2 aromatic rings. The van der Waals surface area contributed by atoms with E-state index < -0.39 is 6.10 Å². The molecule has 4 nitrogen and oxygen atoms in total. The molecule has 0 saturated heterocycles. The van der Waals surface area contributed by atoms with Gasteiger partial charge in [0.15, 0.2) is 11.0 Å². The number of benzene rings is 1. The van der Waals surface area contributed by atoms with E-state index in [0.717, 1.165) is 5.56 Å². The highest BCUT2D eigenvalue weighted by molar-refractivity contribution is 6.29. The largest absolute Gasteiger partial charge is 0.440 e. The lowest BCUT2D eigenvalue weighted by atomic mass is 9.93. The average molecular weight is 308 g/mol. The number of carbonyl (C=O) groups excluding carboxylic acids is 1. The molecule has 0 spiro atoms. The molecule has 0 aliphatic carbocycles. The van der Waals surface area contributed by atoms with Crippen molar-refractivity contribution in [3.63, 3.8) is 0 Å². The van der Waals surface area contributed by atoms with Crippen LogP contribution >= 0.6 is 11.6 Å². The van der Waals surface area contributed by atoms with E-state index in [0.29, 0.717) is 13.0 Å². The van der Waals surface area contributed by atoms with E-state index in [9.17, 15) is 9.90 Å². The Kier molecular flexibility index (Phi) is 5.42. The van der Waals surface area contributed by atoms with Crippen LogP contribution in [0.5, 0.6) is 0 Å². The number of amides is 1. The van der Waals surface area contributed by atoms with Gasteiger partial charge < -0.3 is 14.8 Å². The van der Waals surface area contributed by atoms with Gasteiger partial charge in [-0.1, -0.05) is 30.3 Å². The summed E-state index contributed by atoms with van der Waals surface area (Å²) in [6.45, 7) is 2.16. The Balaban J connectivity index is 2.01. The molecule has 5 heteroatoms. The Morgan fingerprint density at radius 1 is 1.29 bits per heavy atom. The van der Waals surface area contributed by atoms with Gasteiger partial charge in [0.25, 0.3) is 5.91 Å². The van der Waals surface area contributed by atoms with Crippen molar-refractivity contribution < 1.29 is 14.3 Å². The summed E-state index contributed by atoms with van der Waals surface area (Å²) >= 11 is 5.65. The number of hydrogen-bond donors (Lipinski definition) is 2. The molecular formula is C16H18ClNO3. The third-order valence-electron chi connectivity index (χ3n) is 3.20. The molecule has 0 aliphatic rings. The molecule has 2 rings (SSSR count). The maximum atomic E-state index is 12.0. The zero-order chi connectivity index (χ0) is 15.2. The smallest absolute Gasteiger partial charge is 0.287 e. The molecule has 21 heavy (non-hydrogen) atoms. The van der Waals surface area contributed by atoms with Gasteiger partial charge in [-0.3, -0.25) is 4.79 Å². The van der Waals surface area contributed by atoms with Crippen molar-refractivity contribution in [3.8, 4) is 0 Å². The van der Waals surface area contributed by atoms with E-state index in [4.69, 9.17) is 16.0 Å². The Hall–Kier alpha value is -1.78. The number of aliphatic hydroxyl groups is 1. The van der Waals surface area contributed by atoms with Gasteiger partial charge in [0.05, 0.1) is 6.10 Å². The lowest BCUT2D eigenvalue weighted by molar-refractivity contribution is 0.0918. The van der Waals surface area contributed by atoms with Crippen molar-refractivity contribution >= 4 is 17.5 Å². The summed E-state index contributed by atoms with van der Waals surface area (Å²) in [5.41, 5.74) is 1.08. The molecule has 0 aliphatic heterocycles. The molecule has 2 unspecified atom stereocenters. The molecule has 0 radical (unpaired) electrons. The van der Waals surface area contributed by atoms with Crippen LogP contribution in [0.3, 0.4) is 0 Å². The number of carbonyl (C=O) groups is 1. The molecule has 1 amide bonds. The minimum atomic E-state index is -0.440. The maximum Gasteiger partial charge on any atom is 0.287 e. The van der Waals surface area contributed by atoms with Crippen LogP contribution in [0, 0.1) is 0 Å². The fourth-order valence-electron chi connectivity index (χ4n) is 2.21. The number of hydrogen-bond acceptors (Lipinski definition) is 3. The molecule has 1 heterocycles. The van der Waals surface area contributed by atoms with Crippen LogP contribution < -0.4 is 5.32 Å². The zero-order valence-corrected chi connectivity index (χ0v) is 12.5. The molecular weight excluding hydrogens is 290 g/mol. The van der Waals surface area contributed by atoms with Crippen LogP contribution in [-0.4, -0.2) is 23.7 Å². The third kappa shape index (κ3) is 4.62. The first-order valence-electron chi connectivity index (χ1n) is 6.83. The Labute approximate surface area is 128 Å². The van der Waals surface area contributed by atoms with Crippen molar-refractivity contribution in [3.05, 3.63) is 59.0 Å². The summed E-state index contributed by atoms with van der Waals surface area (Å²) in [6, 6.07) is 12.9. The van der Waals surface area contributed by atoms with E-state index in [-0.39, 0.29) is 22.8 Å². The van der Waals surface area contributed by atoms with Gasteiger partial charge in [-0.2, -0.15) is 0 Å². The Morgan fingerprint density at radius 2 is 2.00 bits per heavy atom. The van der Waals surface area contributed by atoms with Crippen LogP contribution in [0.15, 0.2) is 46.9 Å². The van der Waals surface area contributed by atoms with Gasteiger partial charge in [0, 0.05) is 12.5 Å². The highest BCUT2D eigenvalue weighted by atomic mass is 35.5. The van der Waals surface area contributed by atoms with E-state index >= 15 is 0 Å². The molecule has 1 aromatic heterocycles. The first kappa shape index (κ1) is 15.6. The van der Waals surface area contributed by atoms with Gasteiger partial charge in [0.2, 0.25) is 0 Å². The fourth-order valence-corrected chi connectivity index (χ4v) is 2.36. The molecule has 0 fully saturated rings. The SMILES string of the molecule is CC(O)CC(CNC(=O)c1ccc(Cl)o1)c1ccccc1. The first-order chi connectivity index (χ1) is 10.1. The average Bonchev–Trinajstić information content (AvgIpc) is 2.90. The van der Waals surface area contributed by atoms with E-state index in [1.807, 2.05) is 30.3 Å². The summed E-state index contributed by atoms with van der Waals surface area (Å²) in [6.07, 6.45) is 0.133. The summed E-state index contributed by atoms with van der Waals surface area (Å²) in [7, 11) is 0. The number of rotatable bonds is 6. The number of nitrogens with one attached hydrogen (secondary N) is 1. The van der Waals surface area contributed by atoms with Crippen LogP contribution in [-0.2, 0) is 0 Å². The Bertz CT molecular complexity index is 580. The Morgan fingerprint density at radius 3 is 2.57 bits per heavy atom. The highest BCUT2D eigenvalue weighted by Gasteiger charge is 2.17. The maximum absolute atomic E-state index is 12.0. The lowest BCUT2D eigenvalue weighted by Gasteiger charge is -2.19. The molecule has 1 aromatic carbocycles. The van der Waals surface area contributed by atoms with Gasteiger partial charge >= 0.3 is 0 Å². The third-order valence-corrected chi connectivity index (χ3v) is 3.41. The van der Waals surface area contributed by atoms with E-state index in [2.05, 4.69) is 5.32 Å². The predicted molar refractivity (Wildman–Crippen MR) is 81.5 cm³/mol. The van der Waals surface area contributed by atoms with Crippen molar-refractivity contribution in [1.82, 2.24) is 5.32 Å². The number of aliphatic hydroxyl groups excluding tert-OH is 1. The second kappa shape index (κ2) is 7.29. The van der Waals surface area contributed by atoms with E-state index in [1.54, 1.807) is 6.92 Å². The van der Waals surface area contributed by atoms with Crippen molar-refractivity contribution in [2.45, 2.75) is 25.4 Å². The van der Waals surface area contributed by atoms with Crippen LogP contribution in [0.4, 0.5) is 0 Å². The molecule has 2 atom stereocenters. The quantitative estimate of drug-likeness (QED) is 0.861. The second-order valence-corrected chi connectivity index (χ2v) is 5.38. The van der Waals surface area contributed by atoms with Gasteiger partial charge in [-0.15, -0.1) is 0 Å². The molecule has 112 valence electrons. The number of halogens is 1. The molecule has 2 N–H and O–H groups in total. The normalized spacial score (nSPS) is 13.7. The van der Waals surface area contributed by atoms with Crippen molar-refractivity contribution in [2.75, 3.05) is 6.54 Å². The topological polar surface area (TPSA) is 62.5 Å². The van der Waals surface area contributed by atoms with Gasteiger partial charge in [-0.25, -0.2) is 0 Å². The van der Waals surface area contributed by atoms with E-state index in [1.165, 1.54) is 12.1 Å². The fraction of sp³-hybridized carbons (Fsp3) is 0.312. The molecule has 0 saturated carbocycles. The second-order valence-electron chi connectivity index (χ2n) is 5.01. The molecule has 0 bridgehead atoms. The summed E-state index contributed by atoms with van der Waals surface area (Å²) < 4.78 is 5.07. The minimum absolute atomic E-state index is 0.0422. The van der Waals surface area contributed by atoms with Crippen LogP contribution in [0.1, 0.15) is 35.4 Å². The zero-order valence-electron chi connectivity index (χ0n) is 11.8. The lowest BCUT2D eigenvalue weighted by Crippen LogP contribution is -2.29. The summed E-state index contributed by atoms with van der Waals surface area (Å²) in [5, 5.41) is 12.6. The van der Waals surface area contributed by atoms with Crippen molar-refractivity contribution in [1.29, 1.82) is 0 Å². The monoisotopic (exact) mass is 307 g/mol. The number of furan rings is 1. The first-order valence-corrected chi connectivity index (χ1v) is 7.20. The van der Waals surface area contributed by atoms with Crippen molar-refractivity contribution in [2.24, 2.45) is 0 Å². The summed E-state index contributed by atoms with van der Waals surface area (Å²) in [5.74, 6) is -0.0853. The highest BCUT2D eigenvalue weighted by Crippen LogP contribution is 2.21. The van der Waals surface area contributed by atoms with Gasteiger partial charge in [-0.05, 0) is 42.6 Å². The van der Waals surface area contributed by atoms with Gasteiger partial charge in [0.1, 0.15) is 0 Å². The van der Waals surface area contributed by atoms with Crippen LogP contribution in [0.25, 0.3) is 0 Å². The minimum Gasteiger partial charge on any atom is -0.440 e. The predicted octanol–water partition coefficient (Wildman–Crippen LogP) is 3.22. The summed E-state index contributed by atoms with van der Waals surface area (Å²) in [4.78, 5) is 12.0. The standard InChI is InChI=1S/C16H18ClNO3/c1-11(19)9-13(12-5-3-2-4-6-12)10-18-16(20)14-7-8-15(17)21-14/h2-8,11,13,19H,9-10H2,1H3,(H,18,20).